The van der Waals surface area contributed by atoms with Crippen LogP contribution in [0.15, 0.2) is 23.2 Å². The maximum absolute atomic E-state index is 12.5. The number of pyridine rings is 1. The quantitative estimate of drug-likeness (QED) is 0.853. The van der Waals surface area contributed by atoms with Gasteiger partial charge in [0.15, 0.2) is 0 Å². The van der Waals surface area contributed by atoms with E-state index in [-0.39, 0.29) is 6.04 Å². The summed E-state index contributed by atoms with van der Waals surface area (Å²) in [5.74, 6) is 0.602. The standard InChI is InChI=1S/C12H19N3O2S/c1-3-13-12-9-11(7-8-14-12)18(16,17)15(4-2)10-5-6-10/h7-10H,3-6H2,1-2H3,(H,13,14). The zero-order valence-electron chi connectivity index (χ0n) is 10.8. The molecular weight excluding hydrogens is 250 g/mol. The summed E-state index contributed by atoms with van der Waals surface area (Å²) >= 11 is 0. The highest BCUT2D eigenvalue weighted by molar-refractivity contribution is 7.89. The van der Waals surface area contributed by atoms with Crippen molar-refractivity contribution in [2.45, 2.75) is 37.6 Å². The van der Waals surface area contributed by atoms with Gasteiger partial charge in [-0.3, -0.25) is 0 Å². The summed E-state index contributed by atoms with van der Waals surface area (Å²) in [4.78, 5) is 4.42. The van der Waals surface area contributed by atoms with E-state index in [4.69, 9.17) is 0 Å². The summed E-state index contributed by atoms with van der Waals surface area (Å²) < 4.78 is 26.5. The molecule has 0 aromatic carbocycles. The molecule has 6 heteroatoms. The Morgan fingerprint density at radius 2 is 2.17 bits per heavy atom. The molecule has 1 aromatic heterocycles. The zero-order chi connectivity index (χ0) is 13.2. The summed E-state index contributed by atoms with van der Waals surface area (Å²) in [7, 11) is -3.38. The lowest BCUT2D eigenvalue weighted by Crippen LogP contribution is -2.32. The van der Waals surface area contributed by atoms with Gasteiger partial charge in [0.2, 0.25) is 10.0 Å². The van der Waals surface area contributed by atoms with E-state index in [9.17, 15) is 8.42 Å². The highest BCUT2D eigenvalue weighted by Gasteiger charge is 2.36. The predicted molar refractivity (Wildman–Crippen MR) is 71.0 cm³/mol. The number of nitrogens with zero attached hydrogens (tertiary/aromatic N) is 2. The van der Waals surface area contributed by atoms with E-state index in [1.807, 2.05) is 13.8 Å². The van der Waals surface area contributed by atoms with Gasteiger partial charge in [0.1, 0.15) is 5.82 Å². The molecule has 1 aromatic rings. The van der Waals surface area contributed by atoms with Crippen molar-refractivity contribution in [3.8, 4) is 0 Å². The van der Waals surface area contributed by atoms with E-state index in [0.29, 0.717) is 17.3 Å². The molecule has 0 radical (unpaired) electrons. The molecule has 5 nitrogen and oxygen atoms in total. The first kappa shape index (κ1) is 13.3. The lowest BCUT2D eigenvalue weighted by atomic mass is 10.4. The van der Waals surface area contributed by atoms with E-state index in [2.05, 4.69) is 10.3 Å². The van der Waals surface area contributed by atoms with Crippen molar-refractivity contribution in [1.82, 2.24) is 9.29 Å². The van der Waals surface area contributed by atoms with E-state index in [0.717, 1.165) is 19.4 Å². The van der Waals surface area contributed by atoms with Crippen LogP contribution in [0.3, 0.4) is 0 Å². The van der Waals surface area contributed by atoms with Gasteiger partial charge < -0.3 is 5.32 Å². The Kier molecular flexibility index (Phi) is 3.87. The minimum atomic E-state index is -3.38. The van der Waals surface area contributed by atoms with Gasteiger partial charge in [0.25, 0.3) is 0 Å². The van der Waals surface area contributed by atoms with Crippen LogP contribution in [0.2, 0.25) is 0 Å². The first-order chi connectivity index (χ1) is 8.59. The normalized spacial score (nSPS) is 15.9. The molecule has 1 aliphatic carbocycles. The Hall–Kier alpha value is -1.14. The van der Waals surface area contributed by atoms with Gasteiger partial charge in [-0.05, 0) is 25.8 Å². The predicted octanol–water partition coefficient (Wildman–Crippen LogP) is 1.69. The summed E-state index contributed by atoms with van der Waals surface area (Å²) in [5, 5.41) is 3.03. The van der Waals surface area contributed by atoms with Gasteiger partial charge in [-0.25, -0.2) is 13.4 Å². The smallest absolute Gasteiger partial charge is 0.243 e. The van der Waals surface area contributed by atoms with Crippen LogP contribution in [-0.2, 0) is 10.0 Å². The van der Waals surface area contributed by atoms with Crippen molar-refractivity contribution in [3.63, 3.8) is 0 Å². The van der Waals surface area contributed by atoms with E-state index < -0.39 is 10.0 Å². The summed E-state index contributed by atoms with van der Waals surface area (Å²) in [6.07, 6.45) is 3.47. The van der Waals surface area contributed by atoms with E-state index >= 15 is 0 Å². The topological polar surface area (TPSA) is 62.3 Å². The fourth-order valence-electron chi connectivity index (χ4n) is 1.97. The molecule has 0 atom stereocenters. The number of aromatic nitrogens is 1. The fourth-order valence-corrected chi connectivity index (χ4v) is 3.68. The number of sulfonamides is 1. The molecule has 0 bridgehead atoms. The maximum Gasteiger partial charge on any atom is 0.243 e. The molecule has 1 aliphatic rings. The monoisotopic (exact) mass is 269 g/mol. The first-order valence-electron chi connectivity index (χ1n) is 6.31. The first-order valence-corrected chi connectivity index (χ1v) is 7.75. The lowest BCUT2D eigenvalue weighted by molar-refractivity contribution is 0.421. The van der Waals surface area contributed by atoms with Crippen LogP contribution in [0, 0.1) is 0 Å². The Morgan fingerprint density at radius 3 is 2.72 bits per heavy atom. The van der Waals surface area contributed by atoms with Gasteiger partial charge in [-0.2, -0.15) is 4.31 Å². The third kappa shape index (κ3) is 2.64. The van der Waals surface area contributed by atoms with Crippen LogP contribution >= 0.6 is 0 Å². The molecule has 0 amide bonds. The van der Waals surface area contributed by atoms with Gasteiger partial charge in [-0.1, -0.05) is 6.92 Å². The molecule has 1 fully saturated rings. The molecular formula is C12H19N3O2S. The Balaban J connectivity index is 2.30. The van der Waals surface area contributed by atoms with Gasteiger partial charge in [-0.15, -0.1) is 0 Å². The molecule has 0 saturated heterocycles. The summed E-state index contributed by atoms with van der Waals surface area (Å²) in [6.45, 7) is 5.07. The van der Waals surface area contributed by atoms with Crippen molar-refractivity contribution < 1.29 is 8.42 Å². The van der Waals surface area contributed by atoms with Crippen molar-refractivity contribution in [1.29, 1.82) is 0 Å². The second-order valence-corrected chi connectivity index (χ2v) is 6.24. The third-order valence-corrected chi connectivity index (χ3v) is 4.99. The SMILES string of the molecule is CCNc1cc(S(=O)(=O)N(CC)C2CC2)ccn1. The average molecular weight is 269 g/mol. The number of anilines is 1. The largest absolute Gasteiger partial charge is 0.370 e. The second kappa shape index (κ2) is 5.24. The minimum Gasteiger partial charge on any atom is -0.370 e. The molecule has 1 heterocycles. The van der Waals surface area contributed by atoms with Crippen LogP contribution in [-0.4, -0.2) is 36.8 Å². The number of rotatable bonds is 6. The Labute approximate surface area is 108 Å². The van der Waals surface area contributed by atoms with Gasteiger partial charge in [0, 0.05) is 31.4 Å². The Bertz CT molecular complexity index is 512. The maximum atomic E-state index is 12.5. The van der Waals surface area contributed by atoms with E-state index in [1.54, 1.807) is 16.4 Å². The van der Waals surface area contributed by atoms with Crippen LogP contribution < -0.4 is 5.32 Å². The molecule has 1 saturated carbocycles. The van der Waals surface area contributed by atoms with Crippen molar-refractivity contribution in [2.75, 3.05) is 18.4 Å². The minimum absolute atomic E-state index is 0.191. The second-order valence-electron chi connectivity index (χ2n) is 4.35. The van der Waals surface area contributed by atoms with Crippen LogP contribution in [0.5, 0.6) is 0 Å². The van der Waals surface area contributed by atoms with Crippen molar-refractivity contribution >= 4 is 15.8 Å². The number of nitrogens with one attached hydrogen (secondary N) is 1. The van der Waals surface area contributed by atoms with Crippen molar-refractivity contribution in [2.24, 2.45) is 0 Å². The molecule has 0 unspecified atom stereocenters. The Morgan fingerprint density at radius 1 is 1.44 bits per heavy atom. The van der Waals surface area contributed by atoms with Crippen LogP contribution in [0.4, 0.5) is 5.82 Å². The molecule has 0 spiro atoms. The van der Waals surface area contributed by atoms with Gasteiger partial charge >= 0.3 is 0 Å². The van der Waals surface area contributed by atoms with Crippen molar-refractivity contribution in [3.05, 3.63) is 18.3 Å². The van der Waals surface area contributed by atoms with Gasteiger partial charge in [0.05, 0.1) is 4.90 Å². The number of hydrogen-bond acceptors (Lipinski definition) is 4. The highest BCUT2D eigenvalue weighted by Crippen LogP contribution is 2.31. The average Bonchev–Trinajstić information content (AvgIpc) is 3.15. The lowest BCUT2D eigenvalue weighted by Gasteiger charge is -2.20. The third-order valence-electron chi connectivity index (χ3n) is 2.96. The van der Waals surface area contributed by atoms with Crippen LogP contribution in [0.1, 0.15) is 26.7 Å². The molecule has 100 valence electrons. The number of hydrogen-bond donors (Lipinski definition) is 1. The van der Waals surface area contributed by atoms with E-state index in [1.165, 1.54) is 6.20 Å². The molecule has 18 heavy (non-hydrogen) atoms. The van der Waals surface area contributed by atoms with Crippen LogP contribution in [0.25, 0.3) is 0 Å². The zero-order valence-corrected chi connectivity index (χ0v) is 11.6. The summed E-state index contributed by atoms with van der Waals surface area (Å²) in [6, 6.07) is 3.35. The molecule has 1 N–H and O–H groups in total. The molecule has 0 aliphatic heterocycles. The molecule has 2 rings (SSSR count). The fraction of sp³-hybridized carbons (Fsp3) is 0.583. The highest BCUT2D eigenvalue weighted by atomic mass is 32.2. The summed E-state index contributed by atoms with van der Waals surface area (Å²) in [5.41, 5.74) is 0.